The molecule has 1 rings (SSSR count). The van der Waals surface area contributed by atoms with Crippen LogP contribution in [0.4, 0.5) is 0 Å². The number of aliphatic carboxylic acids is 1. The molecule has 0 saturated heterocycles. The van der Waals surface area contributed by atoms with E-state index in [-0.39, 0.29) is 18.6 Å². The fourth-order valence-corrected chi connectivity index (χ4v) is 1.87. The summed E-state index contributed by atoms with van der Waals surface area (Å²) in [6.07, 6.45) is 5.63. The van der Waals surface area contributed by atoms with E-state index in [0.29, 0.717) is 12.8 Å². The van der Waals surface area contributed by atoms with E-state index >= 15 is 0 Å². The molecular formula is C12H18O4. The molecule has 2 N–H and O–H groups in total. The third-order valence-corrected chi connectivity index (χ3v) is 2.73. The number of aliphatic hydroxyl groups excluding tert-OH is 1. The van der Waals surface area contributed by atoms with Crippen LogP contribution in [0.3, 0.4) is 0 Å². The number of hydrogen-bond donors (Lipinski definition) is 2. The van der Waals surface area contributed by atoms with Crippen LogP contribution < -0.4 is 0 Å². The lowest BCUT2D eigenvalue weighted by Gasteiger charge is -2.00. The van der Waals surface area contributed by atoms with Crippen molar-refractivity contribution in [3.8, 4) is 0 Å². The van der Waals surface area contributed by atoms with Crippen LogP contribution in [-0.2, 0) is 9.59 Å². The molecule has 0 aliphatic heterocycles. The van der Waals surface area contributed by atoms with Gasteiger partial charge in [0.25, 0.3) is 0 Å². The second-order valence-corrected chi connectivity index (χ2v) is 4.19. The molecule has 0 radical (unpaired) electrons. The van der Waals surface area contributed by atoms with Gasteiger partial charge in [0, 0.05) is 12.8 Å². The molecule has 0 amide bonds. The van der Waals surface area contributed by atoms with Crippen LogP contribution in [0.5, 0.6) is 0 Å². The fourth-order valence-electron chi connectivity index (χ4n) is 1.87. The van der Waals surface area contributed by atoms with Gasteiger partial charge in [0.2, 0.25) is 0 Å². The number of rotatable bonds is 7. The third kappa shape index (κ3) is 4.57. The van der Waals surface area contributed by atoms with Crippen molar-refractivity contribution >= 4 is 11.8 Å². The first-order chi connectivity index (χ1) is 7.59. The summed E-state index contributed by atoms with van der Waals surface area (Å²) in [6, 6.07) is 0. The highest BCUT2D eigenvalue weighted by Crippen LogP contribution is 2.20. The Kier molecular flexibility index (Phi) is 5.19. The van der Waals surface area contributed by atoms with E-state index in [4.69, 9.17) is 5.11 Å². The molecule has 0 aromatic heterocycles. The summed E-state index contributed by atoms with van der Waals surface area (Å²) < 4.78 is 0. The van der Waals surface area contributed by atoms with Crippen molar-refractivity contribution in [2.75, 3.05) is 0 Å². The Morgan fingerprint density at radius 1 is 1.31 bits per heavy atom. The maximum absolute atomic E-state index is 11.3. The van der Waals surface area contributed by atoms with Gasteiger partial charge in [-0.15, -0.1) is 0 Å². The number of carboxylic acids is 1. The number of allylic oxidation sites excluding steroid dienone is 1. The van der Waals surface area contributed by atoms with Gasteiger partial charge in [-0.25, -0.2) is 0 Å². The Bertz CT molecular complexity index is 293. The summed E-state index contributed by atoms with van der Waals surface area (Å²) in [5, 5.41) is 17.6. The molecule has 0 bridgehead atoms. The third-order valence-electron chi connectivity index (χ3n) is 2.73. The highest BCUT2D eigenvalue weighted by molar-refractivity contribution is 5.98. The van der Waals surface area contributed by atoms with Crippen LogP contribution in [0, 0.1) is 0 Å². The van der Waals surface area contributed by atoms with E-state index in [1.54, 1.807) is 6.08 Å². The number of carbonyl (C=O) groups is 2. The summed E-state index contributed by atoms with van der Waals surface area (Å²) in [4.78, 5) is 21.5. The Morgan fingerprint density at radius 2 is 2.00 bits per heavy atom. The van der Waals surface area contributed by atoms with E-state index in [0.717, 1.165) is 24.8 Å². The second-order valence-electron chi connectivity index (χ2n) is 4.19. The first-order valence-electron chi connectivity index (χ1n) is 5.73. The Labute approximate surface area is 95.0 Å². The van der Waals surface area contributed by atoms with Crippen molar-refractivity contribution in [2.45, 2.75) is 51.0 Å². The van der Waals surface area contributed by atoms with E-state index < -0.39 is 12.1 Å². The number of aliphatic hydroxyl groups is 1. The Hall–Kier alpha value is -1.16. The predicted octanol–water partition coefficient (Wildman–Crippen LogP) is 1.67. The lowest BCUT2D eigenvalue weighted by Crippen LogP contribution is -2.01. The molecule has 1 atom stereocenters. The van der Waals surface area contributed by atoms with Crippen molar-refractivity contribution in [3.63, 3.8) is 0 Å². The number of carbonyl (C=O) groups excluding carboxylic acids is 1. The number of hydrogen-bond acceptors (Lipinski definition) is 3. The van der Waals surface area contributed by atoms with Gasteiger partial charge in [-0.2, -0.15) is 0 Å². The molecule has 0 fully saturated rings. The summed E-state index contributed by atoms with van der Waals surface area (Å²) in [6.45, 7) is 0. The summed E-state index contributed by atoms with van der Waals surface area (Å²) in [5.74, 6) is -0.699. The minimum absolute atomic E-state index is 0.0537. The maximum atomic E-state index is 11.3. The van der Waals surface area contributed by atoms with E-state index in [1.165, 1.54) is 0 Å². The SMILES string of the molecule is O=C(O)CCCCCCC1=C[C@@H](O)CC1=O. The van der Waals surface area contributed by atoms with Gasteiger partial charge >= 0.3 is 5.97 Å². The van der Waals surface area contributed by atoms with E-state index in [1.807, 2.05) is 0 Å². The lowest BCUT2D eigenvalue weighted by atomic mass is 10.0. The molecule has 1 aliphatic carbocycles. The van der Waals surface area contributed by atoms with Crippen molar-refractivity contribution in [3.05, 3.63) is 11.6 Å². The van der Waals surface area contributed by atoms with Crippen LogP contribution in [0.25, 0.3) is 0 Å². The number of ketones is 1. The van der Waals surface area contributed by atoms with Crippen LogP contribution in [0.15, 0.2) is 11.6 Å². The van der Waals surface area contributed by atoms with Crippen molar-refractivity contribution in [1.82, 2.24) is 0 Å². The molecule has 0 spiro atoms. The number of unbranched alkanes of at least 4 members (excludes halogenated alkanes) is 3. The molecule has 0 unspecified atom stereocenters. The first kappa shape index (κ1) is 12.9. The van der Waals surface area contributed by atoms with Gasteiger partial charge in [-0.05, 0) is 30.9 Å². The van der Waals surface area contributed by atoms with Gasteiger partial charge in [-0.1, -0.05) is 12.8 Å². The van der Waals surface area contributed by atoms with Crippen molar-refractivity contribution in [2.24, 2.45) is 0 Å². The Morgan fingerprint density at radius 3 is 2.56 bits per heavy atom. The smallest absolute Gasteiger partial charge is 0.303 e. The average molecular weight is 226 g/mol. The number of Topliss-reactive ketones (excluding diaryl/α,β-unsaturated/α-hetero) is 1. The fraction of sp³-hybridized carbons (Fsp3) is 0.667. The molecule has 0 heterocycles. The summed E-state index contributed by atoms with van der Waals surface area (Å²) in [7, 11) is 0. The van der Waals surface area contributed by atoms with Crippen LogP contribution >= 0.6 is 0 Å². The highest BCUT2D eigenvalue weighted by Gasteiger charge is 2.21. The van der Waals surface area contributed by atoms with Crippen molar-refractivity contribution in [1.29, 1.82) is 0 Å². The largest absolute Gasteiger partial charge is 0.481 e. The molecule has 0 saturated carbocycles. The molecule has 0 aromatic carbocycles. The van der Waals surface area contributed by atoms with Gasteiger partial charge in [-0.3, -0.25) is 9.59 Å². The quantitative estimate of drug-likeness (QED) is 0.647. The molecule has 16 heavy (non-hydrogen) atoms. The minimum atomic E-state index is -0.753. The summed E-state index contributed by atoms with van der Waals surface area (Å²) >= 11 is 0. The molecule has 4 heteroatoms. The number of carboxylic acid groups (broad SMARTS) is 1. The monoisotopic (exact) mass is 226 g/mol. The zero-order chi connectivity index (χ0) is 12.0. The Balaban J connectivity index is 2.05. The average Bonchev–Trinajstić information content (AvgIpc) is 2.50. The normalized spacial score (nSPS) is 19.9. The van der Waals surface area contributed by atoms with E-state index in [9.17, 15) is 14.7 Å². The highest BCUT2D eigenvalue weighted by atomic mass is 16.4. The topological polar surface area (TPSA) is 74.6 Å². The van der Waals surface area contributed by atoms with E-state index in [2.05, 4.69) is 0 Å². The molecule has 4 nitrogen and oxygen atoms in total. The maximum Gasteiger partial charge on any atom is 0.303 e. The van der Waals surface area contributed by atoms with Crippen LogP contribution in [0.2, 0.25) is 0 Å². The standard InChI is InChI=1S/C12H18O4/c13-10-7-9(11(14)8-10)5-3-1-2-4-6-12(15)16/h7,10,13H,1-6,8H2,(H,15,16)/t10-/m1/s1. The minimum Gasteiger partial charge on any atom is -0.481 e. The van der Waals surface area contributed by atoms with Crippen molar-refractivity contribution < 1.29 is 19.8 Å². The first-order valence-corrected chi connectivity index (χ1v) is 5.73. The zero-order valence-electron chi connectivity index (χ0n) is 9.32. The zero-order valence-corrected chi connectivity index (χ0v) is 9.32. The predicted molar refractivity (Wildman–Crippen MR) is 59.1 cm³/mol. The second kappa shape index (κ2) is 6.43. The van der Waals surface area contributed by atoms with Gasteiger partial charge < -0.3 is 10.2 Å². The molecule has 1 aliphatic rings. The van der Waals surface area contributed by atoms with Gasteiger partial charge in [0.05, 0.1) is 6.10 Å². The van der Waals surface area contributed by atoms with Crippen LogP contribution in [0.1, 0.15) is 44.9 Å². The summed E-state index contributed by atoms with van der Waals surface area (Å²) in [5.41, 5.74) is 0.741. The molecule has 90 valence electrons. The molecular weight excluding hydrogens is 208 g/mol. The van der Waals surface area contributed by atoms with Crippen LogP contribution in [-0.4, -0.2) is 28.1 Å². The van der Waals surface area contributed by atoms with Gasteiger partial charge in [0.1, 0.15) is 0 Å². The molecule has 0 aromatic rings. The lowest BCUT2D eigenvalue weighted by molar-refractivity contribution is -0.137. The van der Waals surface area contributed by atoms with Gasteiger partial charge in [0.15, 0.2) is 5.78 Å².